The molecular formula is C12H13ClO3. The second-order valence-electron chi connectivity index (χ2n) is 3.80. The third-order valence-electron chi connectivity index (χ3n) is 2.65. The van der Waals surface area contributed by atoms with Gasteiger partial charge in [0.1, 0.15) is 19.5 Å². The molecule has 1 unspecified atom stereocenters. The molecule has 1 aromatic carbocycles. The highest BCUT2D eigenvalue weighted by Crippen LogP contribution is 2.43. The van der Waals surface area contributed by atoms with E-state index in [9.17, 15) is 4.79 Å². The quantitative estimate of drug-likeness (QED) is 0.763. The van der Waals surface area contributed by atoms with Gasteiger partial charge < -0.3 is 14.3 Å². The highest BCUT2D eigenvalue weighted by molar-refractivity contribution is 6.32. The van der Waals surface area contributed by atoms with Gasteiger partial charge in [-0.25, -0.2) is 0 Å². The van der Waals surface area contributed by atoms with Crippen molar-refractivity contribution in [2.45, 2.75) is 19.3 Å². The standard InChI is InChI=1S/C12H13ClO3/c1-8(4-5-14)9-2-3-10(13)12-11(9)15-6-7-16-12/h2-3,5,8H,4,6-7H2,1H3. The number of halogens is 1. The summed E-state index contributed by atoms with van der Waals surface area (Å²) in [5.74, 6) is 1.40. The van der Waals surface area contributed by atoms with Crippen molar-refractivity contribution in [1.82, 2.24) is 0 Å². The molecule has 0 N–H and O–H groups in total. The zero-order valence-electron chi connectivity index (χ0n) is 9.03. The predicted molar refractivity (Wildman–Crippen MR) is 61.5 cm³/mol. The summed E-state index contributed by atoms with van der Waals surface area (Å²) >= 11 is 6.02. The van der Waals surface area contributed by atoms with E-state index in [1.165, 1.54) is 0 Å². The fraction of sp³-hybridized carbons (Fsp3) is 0.417. The molecule has 0 fully saturated rings. The number of rotatable bonds is 3. The molecule has 1 aromatic rings. The van der Waals surface area contributed by atoms with Crippen molar-refractivity contribution in [3.8, 4) is 11.5 Å². The van der Waals surface area contributed by atoms with Gasteiger partial charge in [-0.3, -0.25) is 0 Å². The van der Waals surface area contributed by atoms with E-state index in [2.05, 4.69) is 0 Å². The topological polar surface area (TPSA) is 35.5 Å². The maximum Gasteiger partial charge on any atom is 0.180 e. The Hall–Kier alpha value is -1.22. The molecule has 1 aliphatic rings. The summed E-state index contributed by atoms with van der Waals surface area (Å²) in [4.78, 5) is 10.5. The Morgan fingerprint density at radius 3 is 2.75 bits per heavy atom. The molecule has 2 rings (SSSR count). The molecule has 1 atom stereocenters. The van der Waals surface area contributed by atoms with E-state index >= 15 is 0 Å². The number of aldehydes is 1. The van der Waals surface area contributed by atoms with Crippen LogP contribution in [0.2, 0.25) is 5.02 Å². The van der Waals surface area contributed by atoms with Gasteiger partial charge in [-0.1, -0.05) is 24.6 Å². The molecule has 0 aliphatic carbocycles. The lowest BCUT2D eigenvalue weighted by molar-refractivity contribution is -0.108. The molecular weight excluding hydrogens is 228 g/mol. The summed E-state index contributed by atoms with van der Waals surface area (Å²) in [6, 6.07) is 3.68. The smallest absolute Gasteiger partial charge is 0.180 e. The Morgan fingerprint density at radius 1 is 1.38 bits per heavy atom. The van der Waals surface area contributed by atoms with E-state index in [-0.39, 0.29) is 5.92 Å². The van der Waals surface area contributed by atoms with Crippen LogP contribution < -0.4 is 9.47 Å². The van der Waals surface area contributed by atoms with Crippen LogP contribution in [-0.4, -0.2) is 19.5 Å². The Kier molecular flexibility index (Phi) is 3.34. The Morgan fingerprint density at radius 2 is 2.06 bits per heavy atom. The van der Waals surface area contributed by atoms with E-state index in [1.807, 2.05) is 13.0 Å². The summed E-state index contributed by atoms with van der Waals surface area (Å²) in [6.45, 7) is 3.02. The molecule has 0 saturated heterocycles. The maximum absolute atomic E-state index is 10.5. The highest BCUT2D eigenvalue weighted by atomic mass is 35.5. The summed E-state index contributed by atoms with van der Waals surface area (Å²) < 4.78 is 11.1. The van der Waals surface area contributed by atoms with Crippen LogP contribution in [0.1, 0.15) is 24.8 Å². The van der Waals surface area contributed by atoms with Crippen LogP contribution in [-0.2, 0) is 4.79 Å². The minimum atomic E-state index is 0.116. The number of benzene rings is 1. The van der Waals surface area contributed by atoms with Crippen molar-refractivity contribution in [3.05, 3.63) is 22.7 Å². The first-order valence-electron chi connectivity index (χ1n) is 5.25. The molecule has 0 bridgehead atoms. The first-order chi connectivity index (χ1) is 7.74. The molecule has 4 heteroatoms. The van der Waals surface area contributed by atoms with Crippen molar-refractivity contribution in [1.29, 1.82) is 0 Å². The lowest BCUT2D eigenvalue weighted by Crippen LogP contribution is -2.17. The highest BCUT2D eigenvalue weighted by Gasteiger charge is 2.22. The molecule has 0 radical (unpaired) electrons. The second kappa shape index (κ2) is 4.74. The van der Waals surface area contributed by atoms with Gasteiger partial charge in [0.15, 0.2) is 11.5 Å². The second-order valence-corrected chi connectivity index (χ2v) is 4.20. The predicted octanol–water partition coefficient (Wildman–Crippen LogP) is 2.80. The summed E-state index contributed by atoms with van der Waals surface area (Å²) in [5.41, 5.74) is 0.978. The van der Waals surface area contributed by atoms with Crippen LogP contribution in [0.4, 0.5) is 0 Å². The van der Waals surface area contributed by atoms with Gasteiger partial charge in [-0.05, 0) is 12.0 Å². The van der Waals surface area contributed by atoms with Gasteiger partial charge in [0.2, 0.25) is 0 Å². The minimum absolute atomic E-state index is 0.116. The molecule has 3 nitrogen and oxygen atoms in total. The number of fused-ring (bicyclic) bond motifs is 1. The average Bonchev–Trinajstić information content (AvgIpc) is 2.30. The van der Waals surface area contributed by atoms with Gasteiger partial charge in [-0.15, -0.1) is 0 Å². The zero-order chi connectivity index (χ0) is 11.5. The Balaban J connectivity index is 2.42. The van der Waals surface area contributed by atoms with Gasteiger partial charge in [0, 0.05) is 12.0 Å². The number of hydrogen-bond acceptors (Lipinski definition) is 3. The molecule has 1 heterocycles. The fourth-order valence-corrected chi connectivity index (χ4v) is 1.99. The van der Waals surface area contributed by atoms with E-state index in [1.54, 1.807) is 6.07 Å². The fourth-order valence-electron chi connectivity index (χ4n) is 1.78. The Bertz CT molecular complexity index is 403. The zero-order valence-corrected chi connectivity index (χ0v) is 9.79. The summed E-state index contributed by atoms with van der Waals surface area (Å²) in [6.07, 6.45) is 1.38. The normalized spacial score (nSPS) is 15.6. The van der Waals surface area contributed by atoms with Crippen LogP contribution in [0.5, 0.6) is 11.5 Å². The number of carbonyl (C=O) groups is 1. The molecule has 86 valence electrons. The van der Waals surface area contributed by atoms with Crippen molar-refractivity contribution in [2.24, 2.45) is 0 Å². The van der Waals surface area contributed by atoms with E-state index in [4.69, 9.17) is 21.1 Å². The van der Waals surface area contributed by atoms with Crippen LogP contribution in [0.25, 0.3) is 0 Å². The van der Waals surface area contributed by atoms with Gasteiger partial charge >= 0.3 is 0 Å². The molecule has 0 spiro atoms. The van der Waals surface area contributed by atoms with Crippen LogP contribution in [0, 0.1) is 0 Å². The van der Waals surface area contributed by atoms with E-state index in [0.29, 0.717) is 36.2 Å². The van der Waals surface area contributed by atoms with Crippen molar-refractivity contribution < 1.29 is 14.3 Å². The van der Waals surface area contributed by atoms with Gasteiger partial charge in [0.25, 0.3) is 0 Å². The summed E-state index contributed by atoms with van der Waals surface area (Å²) in [5, 5.41) is 0.553. The largest absolute Gasteiger partial charge is 0.486 e. The number of ether oxygens (including phenoxy) is 2. The maximum atomic E-state index is 10.5. The van der Waals surface area contributed by atoms with E-state index in [0.717, 1.165) is 11.8 Å². The van der Waals surface area contributed by atoms with Crippen LogP contribution in [0.15, 0.2) is 12.1 Å². The monoisotopic (exact) mass is 240 g/mol. The summed E-state index contributed by atoms with van der Waals surface area (Å²) in [7, 11) is 0. The molecule has 1 aliphatic heterocycles. The first-order valence-corrected chi connectivity index (χ1v) is 5.63. The molecule has 16 heavy (non-hydrogen) atoms. The van der Waals surface area contributed by atoms with E-state index < -0.39 is 0 Å². The number of carbonyl (C=O) groups excluding carboxylic acids is 1. The molecule has 0 saturated carbocycles. The lowest BCUT2D eigenvalue weighted by atomic mass is 9.97. The van der Waals surface area contributed by atoms with Crippen molar-refractivity contribution >= 4 is 17.9 Å². The molecule has 0 amide bonds. The SMILES string of the molecule is CC(CC=O)c1ccc(Cl)c2c1OCCO2. The third-order valence-corrected chi connectivity index (χ3v) is 2.95. The molecule has 0 aromatic heterocycles. The van der Waals surface area contributed by atoms with Gasteiger partial charge in [0.05, 0.1) is 5.02 Å². The first kappa shape index (κ1) is 11.3. The average molecular weight is 241 g/mol. The number of hydrogen-bond donors (Lipinski definition) is 0. The van der Waals surface area contributed by atoms with Crippen molar-refractivity contribution in [2.75, 3.05) is 13.2 Å². The third kappa shape index (κ3) is 2.00. The Labute approximate surface area is 99.3 Å². The van der Waals surface area contributed by atoms with Crippen LogP contribution >= 0.6 is 11.6 Å². The minimum Gasteiger partial charge on any atom is -0.486 e. The van der Waals surface area contributed by atoms with Crippen LogP contribution in [0.3, 0.4) is 0 Å². The van der Waals surface area contributed by atoms with Crippen molar-refractivity contribution in [3.63, 3.8) is 0 Å². The van der Waals surface area contributed by atoms with Gasteiger partial charge in [-0.2, -0.15) is 0 Å². The lowest BCUT2D eigenvalue weighted by Gasteiger charge is -2.23.